The number of phenolic OH excluding ortho intramolecular Hbond substituents is 1. The van der Waals surface area contributed by atoms with Crippen molar-refractivity contribution in [3.8, 4) is 5.75 Å². The minimum atomic E-state index is -0.299. The van der Waals surface area contributed by atoms with Gasteiger partial charge in [0.15, 0.2) is 5.58 Å². The Morgan fingerprint density at radius 2 is 2.00 bits per heavy atom. The number of guanidine groups is 1. The van der Waals surface area contributed by atoms with Crippen molar-refractivity contribution in [3.63, 3.8) is 0 Å². The molecule has 0 unspecified atom stereocenters. The number of nitrogens with zero attached hydrogens (tertiary/aromatic N) is 1. The molecule has 0 radical (unpaired) electrons. The molecule has 3 aromatic rings. The number of allylic oxidation sites excluding steroid dienone is 1. The molecule has 1 aliphatic carbocycles. The lowest BCUT2D eigenvalue weighted by Gasteiger charge is -2.30. The summed E-state index contributed by atoms with van der Waals surface area (Å²) in [5, 5.41) is 16.0. The third kappa shape index (κ3) is 2.90. The van der Waals surface area contributed by atoms with Crippen molar-refractivity contribution in [2.24, 2.45) is 5.92 Å². The van der Waals surface area contributed by atoms with Gasteiger partial charge in [0.05, 0.1) is 5.70 Å². The van der Waals surface area contributed by atoms with Gasteiger partial charge in [0.1, 0.15) is 29.0 Å². The van der Waals surface area contributed by atoms with Crippen molar-refractivity contribution < 1.29 is 19.3 Å². The van der Waals surface area contributed by atoms with Crippen molar-refractivity contribution in [2.45, 2.75) is 18.9 Å². The number of phenols is 1. The van der Waals surface area contributed by atoms with Crippen LogP contribution in [0.15, 0.2) is 64.7 Å². The summed E-state index contributed by atoms with van der Waals surface area (Å²) >= 11 is 0. The molecule has 5 rings (SSSR count). The summed E-state index contributed by atoms with van der Waals surface area (Å²) in [5.41, 5.74) is 3.25. The summed E-state index contributed by atoms with van der Waals surface area (Å²) in [6.45, 7) is 0. The van der Waals surface area contributed by atoms with E-state index in [-0.39, 0.29) is 23.5 Å². The van der Waals surface area contributed by atoms with E-state index in [9.17, 15) is 9.90 Å². The summed E-state index contributed by atoms with van der Waals surface area (Å²) in [5.74, 6) is 0.683. The fourth-order valence-corrected chi connectivity index (χ4v) is 3.80. The van der Waals surface area contributed by atoms with Crippen LogP contribution in [0.25, 0.3) is 11.1 Å². The lowest BCUT2D eigenvalue weighted by Crippen LogP contribution is -2.84. The van der Waals surface area contributed by atoms with Crippen LogP contribution in [0.5, 0.6) is 5.75 Å². The average molecular weight is 375 g/mol. The second kappa shape index (κ2) is 6.53. The van der Waals surface area contributed by atoms with Gasteiger partial charge in [-0.3, -0.25) is 9.79 Å². The number of rotatable bonds is 2. The molecule has 2 atom stereocenters. The first-order chi connectivity index (χ1) is 13.7. The lowest BCUT2D eigenvalue weighted by molar-refractivity contribution is -0.522. The number of carbonyl (C=O) groups excluding carboxylic acids is 1. The van der Waals surface area contributed by atoms with Crippen LogP contribution in [-0.4, -0.2) is 21.8 Å². The number of fused-ring (bicyclic) bond motifs is 2. The zero-order chi connectivity index (χ0) is 19.1. The van der Waals surface area contributed by atoms with Gasteiger partial charge in [-0.2, -0.15) is 10.3 Å². The number of nitrogens with one attached hydrogen (secondary N) is 3. The highest BCUT2D eigenvalue weighted by Gasteiger charge is 2.41. The second-order valence-electron chi connectivity index (χ2n) is 6.97. The predicted octanol–water partition coefficient (Wildman–Crippen LogP) is 1.59. The Labute approximate surface area is 160 Å². The Balaban J connectivity index is 1.52. The smallest absolute Gasteiger partial charge is 0.365 e. The molecule has 1 aromatic heterocycles. The van der Waals surface area contributed by atoms with E-state index in [2.05, 4.69) is 26.7 Å². The number of anilines is 1. The number of oxazole rings is 1. The van der Waals surface area contributed by atoms with Crippen molar-refractivity contribution in [3.05, 3.63) is 65.9 Å². The maximum atomic E-state index is 12.6. The molecule has 1 aliphatic heterocycles. The zero-order valence-corrected chi connectivity index (χ0v) is 15.0. The number of carbonyl (C=O) groups is 1. The Morgan fingerprint density at radius 1 is 1.18 bits per heavy atom. The summed E-state index contributed by atoms with van der Waals surface area (Å²) in [6.07, 6.45) is 3.31. The number of aromatic hydroxyl groups is 1. The van der Waals surface area contributed by atoms with Crippen LogP contribution in [0.3, 0.4) is 0 Å². The largest absolute Gasteiger partial charge is 0.508 e. The minimum absolute atomic E-state index is 0.191. The first kappa shape index (κ1) is 16.6. The molecule has 0 saturated carbocycles. The minimum Gasteiger partial charge on any atom is -0.508 e. The number of hydrogen-bond donors (Lipinski definition) is 4. The number of para-hydroxylation sites is 2. The quantitative estimate of drug-likeness (QED) is 0.543. The predicted molar refractivity (Wildman–Crippen MR) is 103 cm³/mol. The third-order valence-corrected chi connectivity index (χ3v) is 5.12. The molecule has 7 nitrogen and oxygen atoms in total. The van der Waals surface area contributed by atoms with E-state index >= 15 is 0 Å². The maximum Gasteiger partial charge on any atom is 0.365 e. The number of ketones is 1. The van der Waals surface area contributed by atoms with Gasteiger partial charge in [0.25, 0.3) is 0 Å². The number of aromatic nitrogens is 1. The molecule has 0 saturated heterocycles. The molecule has 0 fully saturated rings. The number of hydrogen-bond acceptors (Lipinski definition) is 6. The molecule has 7 heteroatoms. The topological polar surface area (TPSA) is 101 Å². The summed E-state index contributed by atoms with van der Waals surface area (Å²) in [4.78, 5) is 20.4. The van der Waals surface area contributed by atoms with E-state index in [0.29, 0.717) is 24.0 Å². The highest BCUT2D eigenvalue weighted by Crippen LogP contribution is 2.31. The lowest BCUT2D eigenvalue weighted by atomic mass is 9.81. The van der Waals surface area contributed by atoms with Gasteiger partial charge >= 0.3 is 12.0 Å². The van der Waals surface area contributed by atoms with E-state index in [0.717, 1.165) is 23.2 Å². The van der Waals surface area contributed by atoms with Gasteiger partial charge in [-0.05, 0) is 42.3 Å². The number of benzene rings is 2. The summed E-state index contributed by atoms with van der Waals surface area (Å²) in [7, 11) is 0. The molecule has 2 heterocycles. The fourth-order valence-electron chi connectivity index (χ4n) is 3.80. The zero-order valence-electron chi connectivity index (χ0n) is 15.0. The third-order valence-electron chi connectivity index (χ3n) is 5.12. The van der Waals surface area contributed by atoms with Crippen molar-refractivity contribution in [2.75, 3.05) is 5.32 Å². The Morgan fingerprint density at radius 3 is 2.82 bits per heavy atom. The monoisotopic (exact) mass is 375 g/mol. The van der Waals surface area contributed by atoms with Crippen molar-refractivity contribution >= 4 is 28.9 Å². The summed E-state index contributed by atoms with van der Waals surface area (Å²) in [6, 6.07) is 14.6. The Bertz CT molecular complexity index is 1080. The SMILES string of the molecule is O=C1CCC=C2NC(Nc3nc4ccccc4o3)=[NH+][C@H](c3ccc(O)cc3)[C@@H]12. The van der Waals surface area contributed by atoms with Gasteiger partial charge in [-0.25, -0.2) is 5.32 Å². The van der Waals surface area contributed by atoms with E-state index < -0.39 is 0 Å². The van der Waals surface area contributed by atoms with Gasteiger partial charge in [0, 0.05) is 6.42 Å². The Kier molecular flexibility index (Phi) is 3.86. The highest BCUT2D eigenvalue weighted by molar-refractivity contribution is 5.93. The Hall–Kier alpha value is -3.61. The van der Waals surface area contributed by atoms with Crippen LogP contribution in [-0.2, 0) is 4.79 Å². The van der Waals surface area contributed by atoms with E-state index in [1.165, 1.54) is 0 Å². The fraction of sp³-hybridized carbons (Fsp3) is 0.190. The molecule has 28 heavy (non-hydrogen) atoms. The normalized spacial score (nSPS) is 21.5. The highest BCUT2D eigenvalue weighted by atomic mass is 16.4. The number of Topliss-reactive ketones (excluding diaryl/α,β-unsaturated/α-hetero) is 1. The van der Waals surface area contributed by atoms with Crippen LogP contribution < -0.4 is 15.6 Å². The standard InChI is InChI=1S/C21H18N4O3/c26-13-10-8-12(9-11-13)19-18-15(5-3-6-16(18)27)22-20(24-19)25-21-23-14-4-1-2-7-17(14)28-21/h1-2,4-5,7-11,18-19,26H,3,6H2,(H2,22,23,24,25)/p+1/t18-,19-/m1/s1. The molecule has 0 spiro atoms. The van der Waals surface area contributed by atoms with E-state index in [1.807, 2.05) is 36.4 Å². The molecule has 0 amide bonds. The molecule has 2 aliphatic rings. The van der Waals surface area contributed by atoms with E-state index in [1.54, 1.807) is 12.1 Å². The van der Waals surface area contributed by atoms with Crippen LogP contribution in [0.2, 0.25) is 0 Å². The molecular formula is C21H19N4O3+. The molecular weight excluding hydrogens is 356 g/mol. The van der Waals surface area contributed by atoms with Crippen LogP contribution >= 0.6 is 0 Å². The van der Waals surface area contributed by atoms with Crippen molar-refractivity contribution in [1.29, 1.82) is 0 Å². The second-order valence-corrected chi connectivity index (χ2v) is 6.97. The first-order valence-corrected chi connectivity index (χ1v) is 9.22. The van der Waals surface area contributed by atoms with Crippen LogP contribution in [0.4, 0.5) is 6.01 Å². The molecule has 2 aromatic carbocycles. The van der Waals surface area contributed by atoms with Crippen LogP contribution in [0, 0.1) is 5.92 Å². The molecule has 140 valence electrons. The molecule has 4 N–H and O–H groups in total. The van der Waals surface area contributed by atoms with Crippen LogP contribution in [0.1, 0.15) is 24.4 Å². The van der Waals surface area contributed by atoms with Gasteiger partial charge in [0.2, 0.25) is 0 Å². The molecule has 0 bridgehead atoms. The van der Waals surface area contributed by atoms with Crippen molar-refractivity contribution in [1.82, 2.24) is 10.3 Å². The maximum absolute atomic E-state index is 12.6. The van der Waals surface area contributed by atoms with Gasteiger partial charge in [-0.15, -0.1) is 0 Å². The van der Waals surface area contributed by atoms with Gasteiger partial charge in [-0.1, -0.05) is 24.3 Å². The summed E-state index contributed by atoms with van der Waals surface area (Å²) < 4.78 is 5.74. The van der Waals surface area contributed by atoms with E-state index in [4.69, 9.17) is 4.42 Å². The first-order valence-electron chi connectivity index (χ1n) is 9.22. The average Bonchev–Trinajstić information content (AvgIpc) is 3.10. The van der Waals surface area contributed by atoms with Gasteiger partial charge < -0.3 is 9.52 Å².